The fourth-order valence-electron chi connectivity index (χ4n) is 4.15. The van der Waals surface area contributed by atoms with Crippen molar-refractivity contribution >= 4 is 22.8 Å². The Morgan fingerprint density at radius 2 is 1.92 bits per heavy atom. The van der Waals surface area contributed by atoms with Gasteiger partial charge in [-0.3, -0.25) is 9.59 Å². The SMILES string of the molecule is O=C(Cn1ccc2ccccc21)N1CC[C@@H](O)[C@@](CC2CC2)(C(=O)O)C1. The monoisotopic (exact) mass is 356 g/mol. The number of hydrogen-bond donors (Lipinski definition) is 2. The molecule has 2 aliphatic rings. The second-order valence-corrected chi connectivity index (χ2v) is 7.73. The minimum absolute atomic E-state index is 0.0953. The number of hydrogen-bond acceptors (Lipinski definition) is 3. The van der Waals surface area contributed by atoms with E-state index in [4.69, 9.17) is 0 Å². The zero-order valence-corrected chi connectivity index (χ0v) is 14.7. The van der Waals surface area contributed by atoms with Crippen molar-refractivity contribution in [2.75, 3.05) is 13.1 Å². The molecular weight excluding hydrogens is 332 g/mol. The number of carbonyl (C=O) groups is 2. The lowest BCUT2D eigenvalue weighted by Gasteiger charge is -2.43. The van der Waals surface area contributed by atoms with Crippen LogP contribution in [0.15, 0.2) is 36.5 Å². The molecule has 138 valence electrons. The van der Waals surface area contributed by atoms with E-state index in [0.29, 0.717) is 25.3 Å². The summed E-state index contributed by atoms with van der Waals surface area (Å²) >= 11 is 0. The highest BCUT2D eigenvalue weighted by Crippen LogP contribution is 2.45. The number of carboxylic acid groups (broad SMARTS) is 1. The van der Waals surface area contributed by atoms with Crippen molar-refractivity contribution in [1.29, 1.82) is 0 Å². The van der Waals surface area contributed by atoms with Gasteiger partial charge in [-0.15, -0.1) is 0 Å². The molecule has 1 amide bonds. The lowest BCUT2D eigenvalue weighted by Crippen LogP contribution is -2.57. The van der Waals surface area contributed by atoms with Crippen LogP contribution in [0, 0.1) is 11.3 Å². The smallest absolute Gasteiger partial charge is 0.314 e. The Morgan fingerprint density at radius 1 is 1.15 bits per heavy atom. The summed E-state index contributed by atoms with van der Waals surface area (Å²) in [5.74, 6) is -0.718. The van der Waals surface area contributed by atoms with Gasteiger partial charge in [-0.2, -0.15) is 0 Å². The van der Waals surface area contributed by atoms with Gasteiger partial charge in [0.25, 0.3) is 0 Å². The molecule has 2 atom stereocenters. The van der Waals surface area contributed by atoms with Crippen LogP contribution < -0.4 is 0 Å². The molecule has 6 nitrogen and oxygen atoms in total. The van der Waals surface area contributed by atoms with Crippen molar-refractivity contribution in [3.05, 3.63) is 36.5 Å². The molecule has 2 fully saturated rings. The third-order valence-corrected chi connectivity index (χ3v) is 5.90. The Hall–Kier alpha value is -2.34. The maximum Gasteiger partial charge on any atom is 0.314 e. The Bertz CT molecular complexity index is 841. The van der Waals surface area contributed by atoms with Gasteiger partial charge in [0.15, 0.2) is 0 Å². The predicted molar refractivity (Wildman–Crippen MR) is 96.6 cm³/mol. The van der Waals surface area contributed by atoms with E-state index in [1.54, 1.807) is 4.90 Å². The number of benzene rings is 1. The van der Waals surface area contributed by atoms with Gasteiger partial charge in [0.05, 0.1) is 6.10 Å². The number of aliphatic carboxylic acids is 1. The van der Waals surface area contributed by atoms with Crippen LogP contribution in [0.1, 0.15) is 25.7 Å². The van der Waals surface area contributed by atoms with E-state index >= 15 is 0 Å². The Labute approximate surface area is 152 Å². The average molecular weight is 356 g/mol. The lowest BCUT2D eigenvalue weighted by atomic mass is 9.73. The molecule has 1 aliphatic heterocycles. The van der Waals surface area contributed by atoms with E-state index in [0.717, 1.165) is 23.7 Å². The molecule has 1 saturated carbocycles. The number of carbonyl (C=O) groups excluding carboxylic acids is 1. The minimum atomic E-state index is -1.23. The highest BCUT2D eigenvalue weighted by Gasteiger charge is 2.52. The number of carboxylic acids is 1. The highest BCUT2D eigenvalue weighted by molar-refractivity contribution is 5.84. The van der Waals surface area contributed by atoms with Crippen LogP contribution in [0.3, 0.4) is 0 Å². The van der Waals surface area contributed by atoms with Crippen molar-refractivity contribution < 1.29 is 19.8 Å². The Morgan fingerprint density at radius 3 is 2.65 bits per heavy atom. The highest BCUT2D eigenvalue weighted by atomic mass is 16.4. The summed E-state index contributed by atoms with van der Waals surface area (Å²) in [4.78, 5) is 26.5. The van der Waals surface area contributed by atoms with E-state index in [-0.39, 0.29) is 19.0 Å². The van der Waals surface area contributed by atoms with Crippen LogP contribution >= 0.6 is 0 Å². The van der Waals surface area contributed by atoms with Crippen molar-refractivity contribution in [1.82, 2.24) is 9.47 Å². The predicted octanol–water partition coefficient (Wildman–Crippen LogP) is 2.11. The summed E-state index contributed by atoms with van der Waals surface area (Å²) in [5, 5.41) is 21.3. The van der Waals surface area contributed by atoms with E-state index in [1.807, 2.05) is 41.1 Å². The zero-order chi connectivity index (χ0) is 18.3. The fraction of sp³-hybridized carbons (Fsp3) is 0.500. The number of para-hydroxylation sites is 1. The number of fused-ring (bicyclic) bond motifs is 1. The molecule has 2 N–H and O–H groups in total. The van der Waals surface area contributed by atoms with Gasteiger partial charge >= 0.3 is 5.97 Å². The first-order valence-electron chi connectivity index (χ1n) is 9.23. The van der Waals surface area contributed by atoms with Crippen molar-refractivity contribution in [2.24, 2.45) is 11.3 Å². The summed E-state index contributed by atoms with van der Waals surface area (Å²) < 4.78 is 1.89. The molecule has 2 heterocycles. The van der Waals surface area contributed by atoms with Gasteiger partial charge in [-0.1, -0.05) is 31.0 Å². The third kappa shape index (κ3) is 2.98. The molecule has 0 spiro atoms. The number of likely N-dealkylation sites (tertiary alicyclic amines) is 1. The maximum atomic E-state index is 12.9. The summed E-state index contributed by atoms with van der Waals surface area (Å²) in [7, 11) is 0. The number of nitrogens with zero attached hydrogens (tertiary/aromatic N) is 2. The topological polar surface area (TPSA) is 82.8 Å². The molecule has 0 unspecified atom stereocenters. The summed E-state index contributed by atoms with van der Waals surface area (Å²) in [6.07, 6.45) is 3.81. The molecule has 2 aromatic rings. The molecule has 6 heteroatoms. The van der Waals surface area contributed by atoms with Crippen molar-refractivity contribution in [3.63, 3.8) is 0 Å². The van der Waals surface area contributed by atoms with Crippen molar-refractivity contribution in [2.45, 2.75) is 38.3 Å². The second-order valence-electron chi connectivity index (χ2n) is 7.73. The molecular formula is C20H24N2O4. The van der Waals surface area contributed by atoms with Gasteiger partial charge < -0.3 is 19.7 Å². The van der Waals surface area contributed by atoms with E-state index < -0.39 is 17.5 Å². The first-order chi connectivity index (χ1) is 12.5. The van der Waals surface area contributed by atoms with Crippen LogP contribution in [0.4, 0.5) is 0 Å². The summed E-state index contributed by atoms with van der Waals surface area (Å²) in [5.41, 5.74) is -0.242. The van der Waals surface area contributed by atoms with E-state index in [9.17, 15) is 19.8 Å². The summed E-state index contributed by atoms with van der Waals surface area (Å²) in [6.45, 7) is 0.680. The number of rotatable bonds is 5. The molecule has 1 aromatic heterocycles. The second kappa shape index (κ2) is 6.43. The first-order valence-corrected chi connectivity index (χ1v) is 9.23. The van der Waals surface area contributed by atoms with Gasteiger partial charge in [0.1, 0.15) is 12.0 Å². The van der Waals surface area contributed by atoms with Gasteiger partial charge in [0.2, 0.25) is 5.91 Å². The van der Waals surface area contributed by atoms with Crippen LogP contribution in [0.25, 0.3) is 10.9 Å². The molecule has 26 heavy (non-hydrogen) atoms. The van der Waals surface area contributed by atoms with E-state index in [2.05, 4.69) is 0 Å². The lowest BCUT2D eigenvalue weighted by molar-refractivity contribution is -0.167. The summed E-state index contributed by atoms with van der Waals surface area (Å²) in [6, 6.07) is 9.83. The number of amides is 1. The fourth-order valence-corrected chi connectivity index (χ4v) is 4.15. The number of aliphatic hydroxyl groups is 1. The van der Waals surface area contributed by atoms with E-state index in [1.165, 1.54) is 0 Å². The van der Waals surface area contributed by atoms with Gasteiger partial charge in [-0.25, -0.2) is 0 Å². The molecule has 0 radical (unpaired) electrons. The maximum absolute atomic E-state index is 12.9. The van der Waals surface area contributed by atoms with Gasteiger partial charge in [-0.05, 0) is 36.3 Å². The van der Waals surface area contributed by atoms with Crippen LogP contribution in [0.2, 0.25) is 0 Å². The number of piperidine rings is 1. The number of aromatic nitrogens is 1. The van der Waals surface area contributed by atoms with Crippen LogP contribution in [-0.2, 0) is 16.1 Å². The van der Waals surface area contributed by atoms with Crippen LogP contribution in [-0.4, -0.2) is 50.8 Å². The number of aliphatic hydroxyl groups excluding tert-OH is 1. The normalized spacial score (nSPS) is 26.2. The average Bonchev–Trinajstić information content (AvgIpc) is 3.35. The molecule has 1 saturated heterocycles. The molecule has 1 aliphatic carbocycles. The standard InChI is InChI=1S/C20H24N2O4/c23-17-8-10-22(13-20(17,19(25)26)11-14-5-6-14)18(24)12-21-9-7-15-3-1-2-4-16(15)21/h1-4,7,9,14,17,23H,5-6,8,10-13H2,(H,25,26)/t17-,20+/m1/s1. The largest absolute Gasteiger partial charge is 0.481 e. The molecule has 4 rings (SSSR count). The minimum Gasteiger partial charge on any atom is -0.481 e. The molecule has 1 aromatic carbocycles. The van der Waals surface area contributed by atoms with Crippen LogP contribution in [0.5, 0.6) is 0 Å². The first kappa shape index (κ1) is 17.1. The Kier molecular flexibility index (Phi) is 4.23. The van der Waals surface area contributed by atoms with Crippen molar-refractivity contribution in [3.8, 4) is 0 Å². The quantitative estimate of drug-likeness (QED) is 0.859. The molecule has 0 bridgehead atoms. The Balaban J connectivity index is 1.53. The third-order valence-electron chi connectivity index (χ3n) is 5.90. The van der Waals surface area contributed by atoms with Gasteiger partial charge in [0, 0.05) is 24.8 Å². The zero-order valence-electron chi connectivity index (χ0n) is 14.7.